The van der Waals surface area contributed by atoms with Gasteiger partial charge < -0.3 is 0 Å². The quantitative estimate of drug-likeness (QED) is 0.314. The van der Waals surface area contributed by atoms with E-state index in [9.17, 15) is 0 Å². The molecule has 0 aliphatic heterocycles. The van der Waals surface area contributed by atoms with E-state index in [2.05, 4.69) is 0 Å². The van der Waals surface area contributed by atoms with Gasteiger partial charge in [0.05, 0.1) is 0 Å². The summed E-state index contributed by atoms with van der Waals surface area (Å²) < 4.78 is 8.28. The van der Waals surface area contributed by atoms with Gasteiger partial charge in [0, 0.05) is 0 Å². The monoisotopic (exact) mass is 92.0 g/mol. The van der Waals surface area contributed by atoms with Crippen LogP contribution in [0.15, 0.2) is 0 Å². The van der Waals surface area contributed by atoms with Crippen LogP contribution < -0.4 is 0 Å². The molecule has 14 valence electrons. The molecule has 4 heavy (non-hydrogen) atoms. The second-order valence-corrected chi connectivity index (χ2v) is 0. The first-order valence-corrected chi connectivity index (χ1v) is 0.866. The third-order valence-corrected chi connectivity index (χ3v) is 0. The van der Waals surface area contributed by atoms with Gasteiger partial charge in [-0.05, 0) is 0 Å². The summed E-state index contributed by atoms with van der Waals surface area (Å²) in [4.78, 5) is 0. The van der Waals surface area contributed by atoms with Crippen LogP contribution >= 0.6 is 0 Å². The van der Waals surface area contributed by atoms with E-state index in [0.717, 1.165) is 0 Å². The van der Waals surface area contributed by atoms with Gasteiger partial charge in [0.25, 0.3) is 0 Å². The second-order valence-electron chi connectivity index (χ2n) is 0. The molecule has 0 saturated heterocycles. The normalized spacial score (nSPS) is 0.750. The van der Waals surface area contributed by atoms with Crippen molar-refractivity contribution in [1.82, 2.24) is 0 Å². The van der Waals surface area contributed by atoms with Crippen LogP contribution in [0.2, 0.25) is 0 Å². The fraction of sp³-hybridized carbons (Fsp3) is 0. The summed E-state index contributed by atoms with van der Waals surface area (Å²) in [5, 5.41) is 0. The number of hydrogen-bond donors (Lipinski definition) is 0. The standard InChI is InChI=1S/Al.K.Li.O.3H. The Morgan fingerprint density at radius 1 is 1.25 bits per heavy atom. The van der Waals surface area contributed by atoms with Crippen molar-refractivity contribution in [2.45, 2.75) is 0 Å². The molecule has 0 radical (unpaired) electrons. The molecule has 4 heteroatoms. The van der Waals surface area contributed by atoms with Crippen LogP contribution in [0.4, 0.5) is 0 Å². The minimum absolute atomic E-state index is 0. The van der Waals surface area contributed by atoms with Gasteiger partial charge in [-0.15, -0.1) is 0 Å². The first-order chi connectivity index (χ1) is 1.00. The van der Waals surface area contributed by atoms with Crippen molar-refractivity contribution in [3.8, 4) is 0 Å². The first-order valence-electron chi connectivity index (χ1n) is 0.289. The van der Waals surface area contributed by atoms with E-state index in [1.165, 1.54) is 0 Å². The van der Waals surface area contributed by atoms with Gasteiger partial charge in [-0.2, -0.15) is 0 Å². The first kappa shape index (κ1) is 16.0. The molecule has 0 unspecified atom stereocenters. The molecule has 0 spiro atoms. The van der Waals surface area contributed by atoms with Gasteiger partial charge in [0.15, 0.2) is 0 Å². The molecule has 0 atom stereocenters. The summed E-state index contributed by atoms with van der Waals surface area (Å²) in [6.45, 7) is 0. The number of hydrogen-bond acceptors (Lipinski definition) is 1. The summed E-state index contributed by atoms with van der Waals surface area (Å²) in [6.07, 6.45) is 0. The van der Waals surface area contributed by atoms with E-state index in [1.54, 1.807) is 0 Å². The Balaban J connectivity index is -0.00000000500. The van der Waals surface area contributed by atoms with Crippen molar-refractivity contribution in [2.75, 3.05) is 0 Å². The zero-order valence-corrected chi connectivity index (χ0v) is 2.53. The van der Waals surface area contributed by atoms with E-state index >= 15 is 0 Å². The predicted molar refractivity (Wildman–Crippen MR) is 22.1 cm³/mol. The summed E-state index contributed by atoms with van der Waals surface area (Å²) in [7, 11) is 0. The van der Waals surface area contributed by atoms with Crippen LogP contribution in [0.25, 0.3) is 0 Å². The molecule has 0 heterocycles. The third-order valence-electron chi connectivity index (χ3n) is 0. The molecular formula is H3AlKLiO. The van der Waals surface area contributed by atoms with Gasteiger partial charge in [0.2, 0.25) is 0 Å². The Labute approximate surface area is 88.1 Å². The molecule has 1 nitrogen and oxygen atoms in total. The van der Waals surface area contributed by atoms with E-state index in [-0.39, 0.29) is 70.2 Å². The van der Waals surface area contributed by atoms with Crippen LogP contribution in [0.1, 0.15) is 0 Å². The summed E-state index contributed by atoms with van der Waals surface area (Å²) in [5.41, 5.74) is 0. The minimum atomic E-state index is 0. The van der Waals surface area contributed by atoms with Crippen LogP contribution in [0.3, 0.4) is 0 Å². The fourth-order valence-electron chi connectivity index (χ4n) is 0. The van der Waals surface area contributed by atoms with E-state index in [0.29, 0.717) is 16.2 Å². The molecule has 0 aromatic carbocycles. The second kappa shape index (κ2) is 17.6. The van der Waals surface area contributed by atoms with Crippen molar-refractivity contribution in [1.29, 1.82) is 0 Å². The van der Waals surface area contributed by atoms with Crippen LogP contribution in [-0.4, -0.2) is 86.5 Å². The van der Waals surface area contributed by atoms with E-state index < -0.39 is 0 Å². The topological polar surface area (TPSA) is 17.1 Å². The fourth-order valence-corrected chi connectivity index (χ4v) is 0. The predicted octanol–water partition coefficient (Wildman–Crippen LogP) is -2.06. The Bertz CT molecular complexity index is 8.00. The van der Waals surface area contributed by atoms with Crippen LogP contribution in [-0.2, 0) is 3.80 Å². The van der Waals surface area contributed by atoms with Gasteiger partial charge in [-0.1, -0.05) is 0 Å². The van der Waals surface area contributed by atoms with Crippen LogP contribution in [0.5, 0.6) is 0 Å². The SMILES string of the molecule is [KH].[LiH].[O]=[AlH]. The maximum atomic E-state index is 8.28. The molecule has 0 fully saturated rings. The maximum absolute atomic E-state index is 8.28. The molecule has 0 aromatic rings. The Morgan fingerprint density at radius 2 is 1.25 bits per heavy atom. The average Bonchev–Trinajstić information content (AvgIpc) is 1.00. The van der Waals surface area contributed by atoms with Gasteiger partial charge >= 0.3 is 90.3 Å². The van der Waals surface area contributed by atoms with Crippen molar-refractivity contribution >= 4 is 86.5 Å². The molecule has 0 saturated carbocycles. The molecule has 0 N–H and O–H groups in total. The van der Waals surface area contributed by atoms with E-state index in [1.807, 2.05) is 0 Å². The zero-order valence-electron chi connectivity index (χ0n) is 1.12. The molecule has 0 aromatic heterocycles. The molecule has 0 amide bonds. The molecule has 0 aliphatic rings. The van der Waals surface area contributed by atoms with E-state index in [4.69, 9.17) is 3.80 Å². The molecule has 0 aliphatic carbocycles. The summed E-state index contributed by atoms with van der Waals surface area (Å²) in [5.74, 6) is 0. The van der Waals surface area contributed by atoms with Crippen molar-refractivity contribution in [3.05, 3.63) is 0 Å². The molecule has 0 bridgehead atoms. The van der Waals surface area contributed by atoms with Crippen LogP contribution in [0, 0.1) is 0 Å². The Kier molecular flexibility index (Phi) is 70.5. The van der Waals surface area contributed by atoms with Crippen molar-refractivity contribution in [2.24, 2.45) is 0 Å². The average molecular weight is 92.0 g/mol. The summed E-state index contributed by atoms with van der Waals surface area (Å²) >= 11 is 0.611. The van der Waals surface area contributed by atoms with Crippen molar-refractivity contribution < 1.29 is 3.80 Å². The molecule has 0 rings (SSSR count). The summed E-state index contributed by atoms with van der Waals surface area (Å²) in [6, 6.07) is 0. The number of rotatable bonds is 0. The Morgan fingerprint density at radius 3 is 1.25 bits per heavy atom. The Hall–Kier alpha value is 2.57. The van der Waals surface area contributed by atoms with Crippen molar-refractivity contribution in [3.63, 3.8) is 0 Å². The van der Waals surface area contributed by atoms with Gasteiger partial charge in [-0.3, -0.25) is 0 Å². The van der Waals surface area contributed by atoms with Gasteiger partial charge in [0.1, 0.15) is 0 Å². The molecular weight excluding hydrogens is 89.0 g/mol. The van der Waals surface area contributed by atoms with Gasteiger partial charge in [-0.25, -0.2) is 0 Å². The zero-order chi connectivity index (χ0) is 2.00. The third kappa shape index (κ3) is 8.82.